The van der Waals surface area contributed by atoms with Crippen molar-refractivity contribution >= 4 is 23.4 Å². The van der Waals surface area contributed by atoms with Crippen molar-refractivity contribution in [2.24, 2.45) is 0 Å². The second kappa shape index (κ2) is 7.16. The Morgan fingerprint density at radius 2 is 2.00 bits per heavy atom. The predicted molar refractivity (Wildman–Crippen MR) is 63.1 cm³/mol. The monoisotopic (exact) mass is 230 g/mol. The number of hydrogen-bond donors (Lipinski definition) is 1. The van der Waals surface area contributed by atoms with E-state index in [1.807, 2.05) is 18.2 Å². The van der Waals surface area contributed by atoms with Gasteiger partial charge in [-0.25, -0.2) is 0 Å². The van der Waals surface area contributed by atoms with E-state index >= 15 is 0 Å². The SMILES string of the molecule is OCCCC(Cl)CSc1ccccc1. The highest BCUT2D eigenvalue weighted by molar-refractivity contribution is 7.99. The zero-order chi connectivity index (χ0) is 10.2. The Balaban J connectivity index is 2.20. The van der Waals surface area contributed by atoms with Crippen LogP contribution in [0.15, 0.2) is 35.2 Å². The highest BCUT2D eigenvalue weighted by Crippen LogP contribution is 2.21. The lowest BCUT2D eigenvalue weighted by atomic mass is 10.2. The molecule has 14 heavy (non-hydrogen) atoms. The molecule has 0 aromatic heterocycles. The molecule has 1 aromatic rings. The van der Waals surface area contributed by atoms with Crippen LogP contribution in [0.3, 0.4) is 0 Å². The Kier molecular flexibility index (Phi) is 6.08. The quantitative estimate of drug-likeness (QED) is 0.599. The average molecular weight is 231 g/mol. The third-order valence-electron chi connectivity index (χ3n) is 1.85. The summed E-state index contributed by atoms with van der Waals surface area (Å²) < 4.78 is 0. The molecule has 1 aromatic carbocycles. The zero-order valence-electron chi connectivity index (χ0n) is 8.03. The molecule has 1 rings (SSSR count). The van der Waals surface area contributed by atoms with Crippen molar-refractivity contribution in [1.82, 2.24) is 0 Å². The molecule has 0 saturated carbocycles. The first-order valence-electron chi connectivity index (χ1n) is 4.75. The summed E-state index contributed by atoms with van der Waals surface area (Å²) in [6.45, 7) is 0.235. The number of aliphatic hydroxyl groups excluding tert-OH is 1. The van der Waals surface area contributed by atoms with Crippen molar-refractivity contribution < 1.29 is 5.11 Å². The van der Waals surface area contributed by atoms with Crippen molar-refractivity contribution in [3.8, 4) is 0 Å². The lowest BCUT2D eigenvalue weighted by molar-refractivity contribution is 0.284. The normalized spacial score (nSPS) is 12.7. The van der Waals surface area contributed by atoms with Gasteiger partial charge in [-0.2, -0.15) is 0 Å². The van der Waals surface area contributed by atoms with Gasteiger partial charge in [0.25, 0.3) is 0 Å². The van der Waals surface area contributed by atoms with Gasteiger partial charge in [-0.05, 0) is 25.0 Å². The summed E-state index contributed by atoms with van der Waals surface area (Å²) in [7, 11) is 0. The molecule has 0 heterocycles. The van der Waals surface area contributed by atoms with E-state index in [1.165, 1.54) is 4.90 Å². The molecule has 1 N–H and O–H groups in total. The van der Waals surface area contributed by atoms with Crippen LogP contribution in [0.25, 0.3) is 0 Å². The number of hydrogen-bond acceptors (Lipinski definition) is 2. The van der Waals surface area contributed by atoms with Gasteiger partial charge in [0.05, 0.1) is 0 Å². The Bertz CT molecular complexity index is 240. The van der Waals surface area contributed by atoms with Crippen molar-refractivity contribution in [2.75, 3.05) is 12.4 Å². The first-order valence-corrected chi connectivity index (χ1v) is 6.18. The highest BCUT2D eigenvalue weighted by Gasteiger charge is 2.04. The van der Waals surface area contributed by atoms with Crippen LogP contribution in [0, 0.1) is 0 Å². The summed E-state index contributed by atoms with van der Waals surface area (Å²) in [6, 6.07) is 10.2. The van der Waals surface area contributed by atoms with Crippen LogP contribution in [0.2, 0.25) is 0 Å². The molecule has 1 atom stereocenters. The number of rotatable bonds is 6. The van der Waals surface area contributed by atoms with Crippen LogP contribution < -0.4 is 0 Å². The Morgan fingerprint density at radius 3 is 2.64 bits per heavy atom. The van der Waals surface area contributed by atoms with Gasteiger partial charge in [-0.15, -0.1) is 23.4 Å². The second-order valence-corrected chi connectivity index (χ2v) is 4.80. The molecule has 3 heteroatoms. The topological polar surface area (TPSA) is 20.2 Å². The summed E-state index contributed by atoms with van der Waals surface area (Å²) in [5, 5.41) is 8.79. The summed E-state index contributed by atoms with van der Waals surface area (Å²) >= 11 is 7.84. The fourth-order valence-corrected chi connectivity index (χ4v) is 2.33. The maximum absolute atomic E-state index is 8.63. The number of alkyl halides is 1. The average Bonchev–Trinajstić information content (AvgIpc) is 2.25. The van der Waals surface area contributed by atoms with Gasteiger partial charge >= 0.3 is 0 Å². The van der Waals surface area contributed by atoms with Gasteiger partial charge < -0.3 is 5.11 Å². The number of thioether (sulfide) groups is 1. The standard InChI is InChI=1S/C11H15ClOS/c12-10(5-4-8-13)9-14-11-6-2-1-3-7-11/h1-3,6-7,10,13H,4-5,8-9H2. The molecule has 1 unspecified atom stereocenters. The first kappa shape index (κ1) is 11.9. The molecule has 0 aliphatic heterocycles. The molecule has 0 radical (unpaired) electrons. The zero-order valence-corrected chi connectivity index (χ0v) is 9.60. The minimum Gasteiger partial charge on any atom is -0.396 e. The number of benzene rings is 1. The van der Waals surface area contributed by atoms with Gasteiger partial charge in [0.2, 0.25) is 0 Å². The van der Waals surface area contributed by atoms with E-state index in [1.54, 1.807) is 11.8 Å². The maximum Gasteiger partial charge on any atom is 0.0431 e. The van der Waals surface area contributed by atoms with Crippen LogP contribution in [-0.4, -0.2) is 22.8 Å². The Morgan fingerprint density at radius 1 is 1.29 bits per heavy atom. The molecule has 0 amide bonds. The molecule has 0 aliphatic carbocycles. The minimum atomic E-state index is 0.160. The molecule has 1 nitrogen and oxygen atoms in total. The molecule has 0 bridgehead atoms. The van der Waals surface area contributed by atoms with Crippen molar-refractivity contribution in [3.63, 3.8) is 0 Å². The second-order valence-electron chi connectivity index (χ2n) is 3.09. The van der Waals surface area contributed by atoms with Crippen LogP contribution in [0.5, 0.6) is 0 Å². The minimum absolute atomic E-state index is 0.160. The van der Waals surface area contributed by atoms with Crippen LogP contribution in [0.1, 0.15) is 12.8 Å². The third kappa shape index (κ3) is 4.89. The lowest BCUT2D eigenvalue weighted by Crippen LogP contribution is -2.02. The molecular formula is C11H15ClOS. The van der Waals surface area contributed by atoms with Crippen LogP contribution >= 0.6 is 23.4 Å². The molecule has 0 saturated heterocycles. The van der Waals surface area contributed by atoms with Crippen LogP contribution in [-0.2, 0) is 0 Å². The van der Waals surface area contributed by atoms with Gasteiger partial charge in [0.1, 0.15) is 0 Å². The van der Waals surface area contributed by atoms with E-state index in [9.17, 15) is 0 Å². The summed E-state index contributed by atoms with van der Waals surface area (Å²) in [6.07, 6.45) is 1.68. The van der Waals surface area contributed by atoms with Crippen molar-refractivity contribution in [1.29, 1.82) is 0 Å². The fraction of sp³-hybridized carbons (Fsp3) is 0.455. The summed E-state index contributed by atoms with van der Waals surface area (Å²) in [4.78, 5) is 1.25. The van der Waals surface area contributed by atoms with E-state index in [0.717, 1.165) is 18.6 Å². The van der Waals surface area contributed by atoms with Gasteiger partial charge in [-0.1, -0.05) is 18.2 Å². The smallest absolute Gasteiger partial charge is 0.0431 e. The molecule has 0 spiro atoms. The summed E-state index contributed by atoms with van der Waals surface area (Å²) in [5.41, 5.74) is 0. The largest absolute Gasteiger partial charge is 0.396 e. The van der Waals surface area contributed by atoms with Gasteiger partial charge in [0, 0.05) is 22.6 Å². The van der Waals surface area contributed by atoms with Gasteiger partial charge in [-0.3, -0.25) is 0 Å². The van der Waals surface area contributed by atoms with E-state index in [4.69, 9.17) is 16.7 Å². The Labute approximate surface area is 94.5 Å². The summed E-state index contributed by atoms with van der Waals surface area (Å²) in [5.74, 6) is 0.908. The van der Waals surface area contributed by atoms with E-state index in [2.05, 4.69) is 12.1 Å². The predicted octanol–water partition coefficient (Wildman–Crippen LogP) is 3.16. The third-order valence-corrected chi connectivity index (χ3v) is 3.58. The molecular weight excluding hydrogens is 216 g/mol. The number of halogens is 1. The molecule has 0 aliphatic rings. The Hall–Kier alpha value is -0.180. The molecule has 78 valence electrons. The number of aliphatic hydroxyl groups is 1. The fourth-order valence-electron chi connectivity index (χ4n) is 1.10. The van der Waals surface area contributed by atoms with E-state index in [0.29, 0.717) is 0 Å². The van der Waals surface area contributed by atoms with Crippen molar-refractivity contribution in [3.05, 3.63) is 30.3 Å². The first-order chi connectivity index (χ1) is 6.83. The van der Waals surface area contributed by atoms with E-state index in [-0.39, 0.29) is 12.0 Å². The van der Waals surface area contributed by atoms with Gasteiger partial charge in [0.15, 0.2) is 0 Å². The van der Waals surface area contributed by atoms with E-state index < -0.39 is 0 Å². The van der Waals surface area contributed by atoms with Crippen molar-refractivity contribution in [2.45, 2.75) is 23.1 Å². The molecule has 0 fully saturated rings. The maximum atomic E-state index is 8.63. The highest BCUT2D eigenvalue weighted by atomic mass is 35.5. The lowest BCUT2D eigenvalue weighted by Gasteiger charge is -2.07. The van der Waals surface area contributed by atoms with Crippen LogP contribution in [0.4, 0.5) is 0 Å².